The molecule has 1 saturated heterocycles. The van der Waals surface area contributed by atoms with Crippen LogP contribution in [0.2, 0.25) is 0 Å². The number of ketones is 1. The monoisotopic (exact) mass is 383 g/mol. The van der Waals surface area contributed by atoms with Crippen LogP contribution >= 0.6 is 0 Å². The lowest BCUT2D eigenvalue weighted by Gasteiger charge is -2.25. The maximum atomic E-state index is 12.8. The third-order valence-electron chi connectivity index (χ3n) is 4.64. The molecule has 7 heteroatoms. The zero-order chi connectivity index (χ0) is 20.3. The van der Waals surface area contributed by atoms with Crippen molar-refractivity contribution in [3.8, 4) is 11.5 Å². The molecule has 0 saturated carbocycles. The predicted molar refractivity (Wildman–Crippen MR) is 102 cm³/mol. The summed E-state index contributed by atoms with van der Waals surface area (Å²) in [4.78, 5) is 26.8. The average molecular weight is 383 g/mol. The molecule has 0 spiro atoms. The summed E-state index contributed by atoms with van der Waals surface area (Å²) in [5, 5.41) is 20.7. The molecule has 1 atom stereocenters. The first-order valence-electron chi connectivity index (χ1n) is 8.69. The molecule has 3 rings (SSSR count). The van der Waals surface area contributed by atoms with Gasteiger partial charge in [0.05, 0.1) is 25.3 Å². The van der Waals surface area contributed by atoms with E-state index in [1.165, 1.54) is 25.2 Å². The van der Waals surface area contributed by atoms with Gasteiger partial charge in [-0.3, -0.25) is 9.59 Å². The number of aliphatic hydroxyl groups is 1. The Kier molecular flexibility index (Phi) is 5.65. The second-order valence-corrected chi connectivity index (χ2v) is 6.28. The van der Waals surface area contributed by atoms with Gasteiger partial charge in [0.2, 0.25) is 0 Å². The van der Waals surface area contributed by atoms with Crippen molar-refractivity contribution >= 4 is 17.4 Å². The number of phenols is 1. The van der Waals surface area contributed by atoms with E-state index in [9.17, 15) is 19.8 Å². The van der Waals surface area contributed by atoms with Gasteiger partial charge in [-0.25, -0.2) is 0 Å². The highest BCUT2D eigenvalue weighted by Crippen LogP contribution is 2.41. The number of amides is 1. The molecule has 1 aliphatic heterocycles. The van der Waals surface area contributed by atoms with Crippen LogP contribution in [0.5, 0.6) is 11.5 Å². The summed E-state index contributed by atoms with van der Waals surface area (Å²) in [5.74, 6) is -1.60. The number of rotatable bonds is 6. The lowest BCUT2D eigenvalue weighted by atomic mass is 9.95. The summed E-state index contributed by atoms with van der Waals surface area (Å²) in [6.45, 7) is 0.393. The van der Waals surface area contributed by atoms with Gasteiger partial charge in [-0.2, -0.15) is 0 Å². The fraction of sp³-hybridized carbons (Fsp3) is 0.238. The van der Waals surface area contributed by atoms with Crippen LogP contribution in [0, 0.1) is 0 Å². The third-order valence-corrected chi connectivity index (χ3v) is 4.64. The number of Topliss-reactive ketones (excluding diaryl/α,β-unsaturated/α-hetero) is 1. The molecule has 0 aromatic heterocycles. The van der Waals surface area contributed by atoms with Crippen LogP contribution in [0.25, 0.3) is 5.76 Å². The third kappa shape index (κ3) is 3.44. The first kappa shape index (κ1) is 19.4. The van der Waals surface area contributed by atoms with Gasteiger partial charge in [0, 0.05) is 19.2 Å². The van der Waals surface area contributed by atoms with E-state index in [-0.39, 0.29) is 36.0 Å². The van der Waals surface area contributed by atoms with Gasteiger partial charge < -0.3 is 24.6 Å². The van der Waals surface area contributed by atoms with Crippen molar-refractivity contribution in [2.24, 2.45) is 0 Å². The zero-order valence-electron chi connectivity index (χ0n) is 15.6. The van der Waals surface area contributed by atoms with Gasteiger partial charge >= 0.3 is 0 Å². The Morgan fingerprint density at radius 2 is 1.82 bits per heavy atom. The first-order chi connectivity index (χ1) is 13.5. The normalized spacial score (nSPS) is 18.5. The standard InChI is InChI=1S/C21H21NO6/c1-27-11-10-22-18(14-8-9-15(23)16(12-14)28-2)17(20(25)21(22)26)19(24)13-6-4-3-5-7-13/h3-9,12,18,23-24H,10-11H2,1-2H3/b19-17-. The second kappa shape index (κ2) is 8.14. The molecule has 1 fully saturated rings. The smallest absolute Gasteiger partial charge is 0.295 e. The number of hydrogen-bond acceptors (Lipinski definition) is 6. The van der Waals surface area contributed by atoms with E-state index in [0.717, 1.165) is 0 Å². The summed E-state index contributed by atoms with van der Waals surface area (Å²) in [5.41, 5.74) is 0.950. The number of likely N-dealkylation sites (tertiary alicyclic amines) is 1. The minimum absolute atomic E-state index is 0.0138. The zero-order valence-corrected chi connectivity index (χ0v) is 15.6. The molecule has 1 amide bonds. The number of methoxy groups -OCH3 is 2. The van der Waals surface area contributed by atoms with Crippen molar-refractivity contribution < 1.29 is 29.3 Å². The van der Waals surface area contributed by atoms with Gasteiger partial charge in [-0.05, 0) is 17.7 Å². The van der Waals surface area contributed by atoms with E-state index in [1.807, 2.05) is 0 Å². The number of aliphatic hydroxyl groups excluding tert-OH is 1. The van der Waals surface area contributed by atoms with Crippen LogP contribution in [-0.2, 0) is 14.3 Å². The number of carbonyl (C=O) groups excluding carboxylic acids is 2. The lowest BCUT2D eigenvalue weighted by Crippen LogP contribution is -2.32. The van der Waals surface area contributed by atoms with Crippen LogP contribution in [0.3, 0.4) is 0 Å². The molecule has 0 aliphatic carbocycles. The molecule has 0 bridgehead atoms. The first-order valence-corrected chi connectivity index (χ1v) is 8.69. The highest BCUT2D eigenvalue weighted by atomic mass is 16.5. The van der Waals surface area contributed by atoms with Crippen molar-refractivity contribution in [2.45, 2.75) is 6.04 Å². The molecule has 1 aliphatic rings. The Balaban J connectivity index is 2.18. The average Bonchev–Trinajstić information content (AvgIpc) is 2.97. The summed E-state index contributed by atoms with van der Waals surface area (Å²) < 4.78 is 10.2. The Labute approximate surface area is 162 Å². The number of ether oxygens (including phenoxy) is 2. The van der Waals surface area contributed by atoms with Gasteiger partial charge in [-0.15, -0.1) is 0 Å². The van der Waals surface area contributed by atoms with E-state index in [4.69, 9.17) is 9.47 Å². The molecule has 1 unspecified atom stereocenters. The van der Waals surface area contributed by atoms with Crippen molar-refractivity contribution in [1.82, 2.24) is 4.90 Å². The van der Waals surface area contributed by atoms with Gasteiger partial charge in [-0.1, -0.05) is 36.4 Å². The number of benzene rings is 2. The molecule has 0 radical (unpaired) electrons. The maximum absolute atomic E-state index is 12.8. The number of nitrogens with zero attached hydrogens (tertiary/aromatic N) is 1. The minimum Gasteiger partial charge on any atom is -0.507 e. The van der Waals surface area contributed by atoms with E-state index in [0.29, 0.717) is 11.1 Å². The Bertz CT molecular complexity index is 922. The highest BCUT2D eigenvalue weighted by Gasteiger charge is 2.46. The number of aromatic hydroxyl groups is 1. The lowest BCUT2D eigenvalue weighted by molar-refractivity contribution is -0.140. The molecule has 2 N–H and O–H groups in total. The molecular formula is C21H21NO6. The van der Waals surface area contributed by atoms with Crippen molar-refractivity contribution in [3.05, 3.63) is 65.2 Å². The molecule has 2 aromatic rings. The van der Waals surface area contributed by atoms with Crippen LogP contribution in [0.1, 0.15) is 17.2 Å². The molecular weight excluding hydrogens is 362 g/mol. The molecule has 146 valence electrons. The van der Waals surface area contributed by atoms with E-state index < -0.39 is 17.7 Å². The van der Waals surface area contributed by atoms with Gasteiger partial charge in [0.15, 0.2) is 11.5 Å². The molecule has 28 heavy (non-hydrogen) atoms. The number of phenolic OH excluding ortho intramolecular Hbond substituents is 1. The summed E-state index contributed by atoms with van der Waals surface area (Å²) in [6, 6.07) is 12.3. The SMILES string of the molecule is COCCN1C(=O)C(=O)/C(=C(\O)c2ccccc2)C1c1ccc(O)c(OC)c1. The number of hydrogen-bond donors (Lipinski definition) is 2. The van der Waals surface area contributed by atoms with Crippen LogP contribution in [-0.4, -0.2) is 54.2 Å². The quantitative estimate of drug-likeness (QED) is 0.452. The van der Waals surface area contributed by atoms with Gasteiger partial charge in [0.25, 0.3) is 11.7 Å². The molecule has 1 heterocycles. The van der Waals surface area contributed by atoms with Crippen LogP contribution < -0.4 is 4.74 Å². The molecule has 7 nitrogen and oxygen atoms in total. The Morgan fingerprint density at radius 3 is 2.46 bits per heavy atom. The topological polar surface area (TPSA) is 96.3 Å². The Morgan fingerprint density at radius 1 is 1.11 bits per heavy atom. The van der Waals surface area contributed by atoms with E-state index >= 15 is 0 Å². The van der Waals surface area contributed by atoms with Gasteiger partial charge in [0.1, 0.15) is 5.76 Å². The largest absolute Gasteiger partial charge is 0.507 e. The predicted octanol–water partition coefficient (Wildman–Crippen LogP) is 2.47. The van der Waals surface area contributed by atoms with Crippen LogP contribution in [0.15, 0.2) is 54.1 Å². The van der Waals surface area contributed by atoms with E-state index in [2.05, 4.69) is 0 Å². The van der Waals surface area contributed by atoms with E-state index in [1.54, 1.807) is 42.5 Å². The second-order valence-electron chi connectivity index (χ2n) is 6.28. The van der Waals surface area contributed by atoms with Crippen molar-refractivity contribution in [2.75, 3.05) is 27.4 Å². The highest BCUT2D eigenvalue weighted by molar-refractivity contribution is 6.46. The van der Waals surface area contributed by atoms with Crippen molar-refractivity contribution in [1.29, 1.82) is 0 Å². The summed E-state index contributed by atoms with van der Waals surface area (Å²) in [7, 11) is 2.91. The Hall–Kier alpha value is -3.32. The molecule has 2 aromatic carbocycles. The fourth-order valence-electron chi connectivity index (χ4n) is 3.26. The maximum Gasteiger partial charge on any atom is 0.295 e. The van der Waals surface area contributed by atoms with Crippen LogP contribution in [0.4, 0.5) is 0 Å². The minimum atomic E-state index is -0.829. The number of carbonyl (C=O) groups is 2. The van der Waals surface area contributed by atoms with Crippen molar-refractivity contribution in [3.63, 3.8) is 0 Å². The summed E-state index contributed by atoms with van der Waals surface area (Å²) in [6.07, 6.45) is 0. The summed E-state index contributed by atoms with van der Waals surface area (Å²) >= 11 is 0. The fourth-order valence-corrected chi connectivity index (χ4v) is 3.26.